The molecule has 0 radical (unpaired) electrons. The normalized spacial score (nSPS) is 12.4. The molecule has 0 aromatic heterocycles. The zero-order valence-corrected chi connectivity index (χ0v) is 15.5. The van der Waals surface area contributed by atoms with Gasteiger partial charge in [-0.3, -0.25) is 14.9 Å². The minimum absolute atomic E-state index is 0.0342. The van der Waals surface area contributed by atoms with Gasteiger partial charge >= 0.3 is 0 Å². The minimum atomic E-state index is -3.92. The van der Waals surface area contributed by atoms with Crippen LogP contribution in [0.3, 0.4) is 0 Å². The lowest BCUT2D eigenvalue weighted by Crippen LogP contribution is -2.41. The largest absolute Gasteiger partial charge is 0.324 e. The van der Waals surface area contributed by atoms with Crippen LogP contribution in [0.2, 0.25) is 5.02 Å². The predicted octanol–water partition coefficient (Wildman–Crippen LogP) is 2.86. The van der Waals surface area contributed by atoms with E-state index >= 15 is 0 Å². The lowest BCUT2D eigenvalue weighted by molar-refractivity contribution is -0.384. The Bertz CT molecular complexity index is 945. The Labute approximate surface area is 155 Å². The van der Waals surface area contributed by atoms with Crippen LogP contribution in [0.1, 0.15) is 12.5 Å². The van der Waals surface area contributed by atoms with E-state index in [0.717, 1.165) is 0 Å². The summed E-state index contributed by atoms with van der Waals surface area (Å²) in [6, 6.07) is 8.41. The van der Waals surface area contributed by atoms with Gasteiger partial charge in [-0.05, 0) is 43.7 Å². The van der Waals surface area contributed by atoms with E-state index < -0.39 is 26.9 Å². The van der Waals surface area contributed by atoms with Gasteiger partial charge in [0.15, 0.2) is 0 Å². The van der Waals surface area contributed by atoms with Gasteiger partial charge in [0.1, 0.15) is 0 Å². The standard InChI is InChI=1S/C16H16ClN3O5S/c1-10-3-6-13(20(22)23)9-15(10)18-16(21)11(2)19-26(24,25)14-7-4-12(17)5-8-14/h3-9,11,19H,1-2H3,(H,18,21). The van der Waals surface area contributed by atoms with Crippen LogP contribution < -0.4 is 10.0 Å². The fourth-order valence-corrected chi connectivity index (χ4v) is 3.40. The second-order valence-electron chi connectivity index (χ2n) is 5.54. The first-order valence-corrected chi connectivity index (χ1v) is 9.30. The first kappa shape index (κ1) is 19.8. The first-order valence-electron chi connectivity index (χ1n) is 7.44. The predicted molar refractivity (Wildman–Crippen MR) is 97.7 cm³/mol. The second kappa shape index (κ2) is 7.81. The van der Waals surface area contributed by atoms with Gasteiger partial charge in [0.2, 0.25) is 15.9 Å². The number of non-ortho nitro benzene ring substituents is 1. The van der Waals surface area contributed by atoms with E-state index in [0.29, 0.717) is 10.6 Å². The highest BCUT2D eigenvalue weighted by Crippen LogP contribution is 2.22. The number of hydrogen-bond acceptors (Lipinski definition) is 5. The van der Waals surface area contributed by atoms with Gasteiger partial charge in [-0.1, -0.05) is 17.7 Å². The third kappa shape index (κ3) is 4.78. The number of nitrogens with zero attached hydrogens (tertiary/aromatic N) is 1. The van der Waals surface area contributed by atoms with Crippen LogP contribution in [0.25, 0.3) is 0 Å². The number of benzene rings is 2. The van der Waals surface area contributed by atoms with E-state index in [1.807, 2.05) is 0 Å². The molecular weight excluding hydrogens is 382 g/mol. The molecule has 0 heterocycles. The van der Waals surface area contributed by atoms with Gasteiger partial charge in [0, 0.05) is 17.2 Å². The summed E-state index contributed by atoms with van der Waals surface area (Å²) in [4.78, 5) is 22.5. The highest BCUT2D eigenvalue weighted by molar-refractivity contribution is 7.89. The van der Waals surface area contributed by atoms with Crippen molar-refractivity contribution < 1.29 is 18.1 Å². The summed E-state index contributed by atoms with van der Waals surface area (Å²) in [6.07, 6.45) is 0. The molecule has 0 saturated carbocycles. The van der Waals surface area contributed by atoms with Gasteiger partial charge in [0.25, 0.3) is 5.69 Å². The molecule has 0 aliphatic heterocycles. The molecule has 1 unspecified atom stereocenters. The Morgan fingerprint density at radius 3 is 2.38 bits per heavy atom. The number of nitro groups is 1. The number of sulfonamides is 1. The molecule has 2 aromatic rings. The molecule has 2 N–H and O–H groups in total. The summed E-state index contributed by atoms with van der Waals surface area (Å²) >= 11 is 5.73. The number of carbonyl (C=O) groups is 1. The number of carbonyl (C=O) groups excluding carboxylic acids is 1. The van der Waals surface area contributed by atoms with Crippen LogP contribution in [-0.4, -0.2) is 25.3 Å². The molecule has 8 nitrogen and oxygen atoms in total. The summed E-state index contributed by atoms with van der Waals surface area (Å²) in [5, 5.41) is 13.7. The Balaban J connectivity index is 2.14. The number of nitro benzene ring substituents is 1. The minimum Gasteiger partial charge on any atom is -0.324 e. The smallest absolute Gasteiger partial charge is 0.271 e. The number of anilines is 1. The van der Waals surface area contributed by atoms with Gasteiger partial charge in [-0.15, -0.1) is 0 Å². The molecule has 0 fully saturated rings. The molecule has 2 rings (SSSR count). The molecule has 0 saturated heterocycles. The van der Waals surface area contributed by atoms with E-state index in [9.17, 15) is 23.3 Å². The Morgan fingerprint density at radius 2 is 1.81 bits per heavy atom. The van der Waals surface area contributed by atoms with Gasteiger partial charge in [-0.2, -0.15) is 4.72 Å². The van der Waals surface area contributed by atoms with Crippen LogP contribution in [-0.2, 0) is 14.8 Å². The maximum absolute atomic E-state index is 12.3. The van der Waals surface area contributed by atoms with E-state index in [2.05, 4.69) is 10.0 Å². The zero-order valence-electron chi connectivity index (χ0n) is 13.9. The quantitative estimate of drug-likeness (QED) is 0.573. The second-order valence-corrected chi connectivity index (χ2v) is 7.69. The van der Waals surface area contributed by atoms with Gasteiger partial charge < -0.3 is 5.32 Å². The van der Waals surface area contributed by atoms with Crippen molar-refractivity contribution in [1.82, 2.24) is 4.72 Å². The Kier molecular flexibility index (Phi) is 5.96. The third-order valence-electron chi connectivity index (χ3n) is 3.54. The third-order valence-corrected chi connectivity index (χ3v) is 5.35. The highest BCUT2D eigenvalue weighted by atomic mass is 35.5. The van der Waals surface area contributed by atoms with Gasteiger partial charge in [0.05, 0.1) is 21.5 Å². The average molecular weight is 398 g/mol. The molecule has 0 aliphatic rings. The van der Waals surface area contributed by atoms with E-state index in [-0.39, 0.29) is 16.3 Å². The van der Waals surface area contributed by atoms with Crippen LogP contribution >= 0.6 is 11.6 Å². The van der Waals surface area contributed by atoms with Crippen molar-refractivity contribution in [2.45, 2.75) is 24.8 Å². The maximum atomic E-state index is 12.3. The molecule has 1 atom stereocenters. The van der Waals surface area contributed by atoms with Crippen LogP contribution in [0, 0.1) is 17.0 Å². The molecule has 10 heteroatoms. The zero-order chi connectivity index (χ0) is 19.5. The average Bonchev–Trinajstić information content (AvgIpc) is 2.56. The monoisotopic (exact) mass is 397 g/mol. The molecular formula is C16H16ClN3O5S. The Hall–Kier alpha value is -2.49. The molecule has 138 valence electrons. The summed E-state index contributed by atoms with van der Waals surface area (Å²) in [5.41, 5.74) is 0.666. The summed E-state index contributed by atoms with van der Waals surface area (Å²) in [6.45, 7) is 3.04. The van der Waals surface area contributed by atoms with Crippen molar-refractivity contribution in [3.05, 3.63) is 63.2 Å². The SMILES string of the molecule is Cc1ccc([N+](=O)[O-])cc1NC(=O)C(C)NS(=O)(=O)c1ccc(Cl)cc1. The number of nitrogens with one attached hydrogen (secondary N) is 2. The van der Waals surface area contributed by atoms with Crippen molar-refractivity contribution in [1.29, 1.82) is 0 Å². The molecule has 0 aliphatic carbocycles. The number of hydrogen-bond donors (Lipinski definition) is 2. The summed E-state index contributed by atoms with van der Waals surface area (Å²) in [7, 11) is -3.92. The topological polar surface area (TPSA) is 118 Å². The Morgan fingerprint density at radius 1 is 1.19 bits per heavy atom. The van der Waals surface area contributed by atoms with Crippen LogP contribution in [0.5, 0.6) is 0 Å². The molecule has 0 spiro atoms. The van der Waals surface area contributed by atoms with E-state index in [1.54, 1.807) is 6.92 Å². The van der Waals surface area contributed by atoms with Crippen molar-refractivity contribution in [2.75, 3.05) is 5.32 Å². The number of halogens is 1. The van der Waals surface area contributed by atoms with Crippen molar-refractivity contribution in [3.63, 3.8) is 0 Å². The number of aryl methyl sites for hydroxylation is 1. The van der Waals surface area contributed by atoms with E-state index in [1.165, 1.54) is 49.4 Å². The van der Waals surface area contributed by atoms with Crippen molar-refractivity contribution >= 4 is 38.9 Å². The summed E-state index contributed by atoms with van der Waals surface area (Å²) in [5.74, 6) is -0.647. The lowest BCUT2D eigenvalue weighted by atomic mass is 10.1. The lowest BCUT2D eigenvalue weighted by Gasteiger charge is -2.15. The van der Waals surface area contributed by atoms with Crippen LogP contribution in [0.15, 0.2) is 47.4 Å². The first-order chi connectivity index (χ1) is 12.1. The summed E-state index contributed by atoms with van der Waals surface area (Å²) < 4.78 is 26.8. The van der Waals surface area contributed by atoms with Crippen molar-refractivity contribution in [2.24, 2.45) is 0 Å². The fourth-order valence-electron chi connectivity index (χ4n) is 2.07. The highest BCUT2D eigenvalue weighted by Gasteiger charge is 2.23. The molecule has 1 amide bonds. The number of rotatable bonds is 6. The molecule has 0 bridgehead atoms. The van der Waals surface area contributed by atoms with Crippen molar-refractivity contribution in [3.8, 4) is 0 Å². The molecule has 26 heavy (non-hydrogen) atoms. The van der Waals surface area contributed by atoms with E-state index in [4.69, 9.17) is 11.6 Å². The fraction of sp³-hybridized carbons (Fsp3) is 0.188. The van der Waals surface area contributed by atoms with Crippen LogP contribution in [0.4, 0.5) is 11.4 Å². The maximum Gasteiger partial charge on any atom is 0.271 e. The van der Waals surface area contributed by atoms with Gasteiger partial charge in [-0.25, -0.2) is 8.42 Å². The molecule has 2 aromatic carbocycles. The number of amides is 1.